The van der Waals surface area contributed by atoms with Crippen LogP contribution < -0.4 is 0 Å². The van der Waals surface area contributed by atoms with Crippen LogP contribution in [-0.2, 0) is 0 Å². The molecule has 0 unspecified atom stereocenters. The molecule has 0 saturated carbocycles. The molecule has 0 bridgehead atoms. The molecule has 0 radical (unpaired) electrons. The zero-order valence-electron chi connectivity index (χ0n) is 6.59. The highest BCUT2D eigenvalue weighted by Crippen LogP contribution is 2.19. The van der Waals surface area contributed by atoms with Gasteiger partial charge in [0.1, 0.15) is 0 Å². The lowest BCUT2D eigenvalue weighted by Crippen LogP contribution is -2.12. The van der Waals surface area contributed by atoms with Crippen molar-refractivity contribution in [2.45, 2.75) is 26.6 Å². The van der Waals surface area contributed by atoms with Gasteiger partial charge < -0.3 is 5.02 Å². The maximum absolute atomic E-state index is 9.24. The third kappa shape index (κ3) is 1.51. The Kier molecular flexibility index (Phi) is 2.33. The summed E-state index contributed by atoms with van der Waals surface area (Å²) in [4.78, 5) is 0. The molecule has 0 aromatic heterocycles. The molecule has 1 N–H and O–H groups in total. The zero-order valence-corrected chi connectivity index (χ0v) is 6.59. The van der Waals surface area contributed by atoms with Gasteiger partial charge in [-0.1, -0.05) is 30.0 Å². The predicted octanol–water partition coefficient (Wildman–Crippen LogP) is 1.81. The first-order valence-electron chi connectivity index (χ1n) is 3.76. The SMILES string of the molecule is CB(O)C1=C(C)CCC=C1. The lowest BCUT2D eigenvalue weighted by molar-refractivity contribution is 0.588. The number of hydrogen-bond acceptors (Lipinski definition) is 1. The van der Waals surface area contributed by atoms with Crippen LogP contribution in [-0.4, -0.2) is 11.9 Å². The van der Waals surface area contributed by atoms with Crippen molar-refractivity contribution in [3.63, 3.8) is 0 Å². The topological polar surface area (TPSA) is 20.2 Å². The van der Waals surface area contributed by atoms with Crippen molar-refractivity contribution in [1.29, 1.82) is 0 Å². The van der Waals surface area contributed by atoms with Crippen LogP contribution in [0.25, 0.3) is 0 Å². The average Bonchev–Trinajstić information content (AvgIpc) is 1.88. The van der Waals surface area contributed by atoms with Gasteiger partial charge in [0, 0.05) is 0 Å². The summed E-state index contributed by atoms with van der Waals surface area (Å²) in [6.07, 6.45) is 6.39. The van der Waals surface area contributed by atoms with Gasteiger partial charge in [-0.2, -0.15) is 0 Å². The highest BCUT2D eigenvalue weighted by atomic mass is 16.2. The highest BCUT2D eigenvalue weighted by Gasteiger charge is 2.12. The molecule has 2 heteroatoms. The summed E-state index contributed by atoms with van der Waals surface area (Å²) >= 11 is 0. The molecule has 54 valence electrons. The molecule has 0 aromatic carbocycles. The summed E-state index contributed by atoms with van der Waals surface area (Å²) in [6, 6.07) is 0. The molecule has 1 aliphatic rings. The van der Waals surface area contributed by atoms with E-state index in [4.69, 9.17) is 0 Å². The molecule has 0 aliphatic heterocycles. The Morgan fingerprint density at radius 2 is 2.30 bits per heavy atom. The Labute approximate surface area is 62.6 Å². The van der Waals surface area contributed by atoms with E-state index in [0.717, 1.165) is 18.3 Å². The molecule has 0 amide bonds. The van der Waals surface area contributed by atoms with Crippen molar-refractivity contribution >= 4 is 6.92 Å². The highest BCUT2D eigenvalue weighted by molar-refractivity contribution is 6.58. The van der Waals surface area contributed by atoms with Crippen LogP contribution in [0.15, 0.2) is 23.2 Å². The van der Waals surface area contributed by atoms with Crippen LogP contribution in [0.1, 0.15) is 19.8 Å². The van der Waals surface area contributed by atoms with E-state index in [9.17, 15) is 5.02 Å². The Morgan fingerprint density at radius 1 is 1.60 bits per heavy atom. The van der Waals surface area contributed by atoms with Crippen molar-refractivity contribution in [2.75, 3.05) is 0 Å². The van der Waals surface area contributed by atoms with E-state index in [2.05, 4.69) is 13.0 Å². The van der Waals surface area contributed by atoms with Gasteiger partial charge in [-0.25, -0.2) is 0 Å². The van der Waals surface area contributed by atoms with Gasteiger partial charge in [-0.05, 0) is 19.8 Å². The third-order valence-electron chi connectivity index (χ3n) is 1.93. The summed E-state index contributed by atoms with van der Waals surface area (Å²) in [5.41, 5.74) is 2.43. The smallest absolute Gasteiger partial charge is 0.320 e. The van der Waals surface area contributed by atoms with E-state index in [1.54, 1.807) is 0 Å². The quantitative estimate of drug-likeness (QED) is 0.545. The zero-order chi connectivity index (χ0) is 7.56. The second-order valence-electron chi connectivity index (χ2n) is 2.85. The lowest BCUT2D eigenvalue weighted by Gasteiger charge is -2.12. The Hall–Kier alpha value is -0.495. The minimum atomic E-state index is -0.295. The summed E-state index contributed by atoms with van der Waals surface area (Å²) in [7, 11) is 0. The minimum absolute atomic E-state index is 0.295. The molecular formula is C8H13BO. The van der Waals surface area contributed by atoms with Gasteiger partial charge in [0.2, 0.25) is 0 Å². The predicted molar refractivity (Wildman–Crippen MR) is 44.9 cm³/mol. The number of hydrogen-bond donors (Lipinski definition) is 1. The Bertz CT molecular complexity index is 180. The summed E-state index contributed by atoms with van der Waals surface area (Å²) < 4.78 is 0. The van der Waals surface area contributed by atoms with E-state index in [0.29, 0.717) is 0 Å². The molecule has 0 heterocycles. The average molecular weight is 136 g/mol. The molecule has 10 heavy (non-hydrogen) atoms. The van der Waals surface area contributed by atoms with Crippen LogP contribution in [0.5, 0.6) is 0 Å². The molecule has 0 aromatic rings. The van der Waals surface area contributed by atoms with E-state index >= 15 is 0 Å². The molecule has 0 fully saturated rings. The molecule has 0 atom stereocenters. The van der Waals surface area contributed by atoms with Crippen molar-refractivity contribution in [1.82, 2.24) is 0 Å². The molecule has 1 aliphatic carbocycles. The van der Waals surface area contributed by atoms with E-state index in [1.807, 2.05) is 12.9 Å². The maximum atomic E-state index is 9.24. The fraction of sp³-hybridized carbons (Fsp3) is 0.500. The number of rotatable bonds is 1. The van der Waals surface area contributed by atoms with Gasteiger partial charge in [-0.3, -0.25) is 0 Å². The second-order valence-corrected chi connectivity index (χ2v) is 2.85. The van der Waals surface area contributed by atoms with E-state index < -0.39 is 0 Å². The van der Waals surface area contributed by atoms with E-state index in [1.165, 1.54) is 5.57 Å². The lowest BCUT2D eigenvalue weighted by atomic mass is 9.60. The van der Waals surface area contributed by atoms with Crippen molar-refractivity contribution in [3.05, 3.63) is 23.2 Å². The first-order chi connectivity index (χ1) is 4.72. The van der Waals surface area contributed by atoms with Crippen LogP contribution in [0.3, 0.4) is 0 Å². The Balaban J connectivity index is 2.79. The fourth-order valence-corrected chi connectivity index (χ4v) is 1.29. The summed E-state index contributed by atoms with van der Waals surface area (Å²) in [6.45, 7) is 3.61. The molecule has 1 rings (SSSR count). The van der Waals surface area contributed by atoms with Gasteiger partial charge in [0.15, 0.2) is 0 Å². The first kappa shape index (κ1) is 7.61. The maximum Gasteiger partial charge on any atom is 0.320 e. The molecule has 0 saturated heterocycles. The Morgan fingerprint density at radius 3 is 2.70 bits per heavy atom. The molecule has 0 spiro atoms. The molecule has 1 nitrogen and oxygen atoms in total. The van der Waals surface area contributed by atoms with Gasteiger partial charge in [0.05, 0.1) is 0 Å². The van der Waals surface area contributed by atoms with Gasteiger partial charge in [-0.15, -0.1) is 0 Å². The standard InChI is InChI=1S/C8H13BO/c1-7-5-3-4-6-8(7)9(2)10/h4,6,10H,3,5H2,1-2H3. The normalized spacial score (nSPS) is 17.9. The van der Waals surface area contributed by atoms with E-state index in [-0.39, 0.29) is 6.92 Å². The number of allylic oxidation sites excluding steroid dienone is 4. The van der Waals surface area contributed by atoms with Crippen molar-refractivity contribution in [2.24, 2.45) is 0 Å². The van der Waals surface area contributed by atoms with Crippen LogP contribution >= 0.6 is 0 Å². The summed E-state index contributed by atoms with van der Waals surface area (Å²) in [5.74, 6) is 0. The van der Waals surface area contributed by atoms with Crippen molar-refractivity contribution < 1.29 is 5.02 Å². The largest absolute Gasteiger partial charge is 0.447 e. The molecular weight excluding hydrogens is 123 g/mol. The van der Waals surface area contributed by atoms with Gasteiger partial charge >= 0.3 is 6.92 Å². The van der Waals surface area contributed by atoms with Crippen LogP contribution in [0.2, 0.25) is 6.82 Å². The summed E-state index contributed by atoms with van der Waals surface area (Å²) in [5, 5.41) is 9.24. The first-order valence-corrected chi connectivity index (χ1v) is 3.76. The third-order valence-corrected chi connectivity index (χ3v) is 1.93. The van der Waals surface area contributed by atoms with Crippen molar-refractivity contribution in [3.8, 4) is 0 Å². The fourth-order valence-electron chi connectivity index (χ4n) is 1.29. The van der Waals surface area contributed by atoms with Gasteiger partial charge in [0.25, 0.3) is 0 Å². The minimum Gasteiger partial charge on any atom is -0.447 e. The van der Waals surface area contributed by atoms with Crippen LogP contribution in [0.4, 0.5) is 0 Å². The van der Waals surface area contributed by atoms with Crippen LogP contribution in [0, 0.1) is 0 Å². The monoisotopic (exact) mass is 136 g/mol. The second kappa shape index (κ2) is 3.06.